The zero-order valence-corrected chi connectivity index (χ0v) is 13.4. The number of esters is 2. The van der Waals surface area contributed by atoms with E-state index in [1.165, 1.54) is 0 Å². The van der Waals surface area contributed by atoms with Crippen LogP contribution in [0.4, 0.5) is 0 Å². The van der Waals surface area contributed by atoms with Crippen LogP contribution in [0, 0.1) is 0 Å². The second-order valence-electron chi connectivity index (χ2n) is 5.92. The van der Waals surface area contributed by atoms with E-state index in [1.54, 1.807) is 24.3 Å². The van der Waals surface area contributed by atoms with E-state index in [1.807, 2.05) is 0 Å². The molecule has 23 heavy (non-hydrogen) atoms. The van der Waals surface area contributed by atoms with Crippen LogP contribution >= 0.6 is 15.9 Å². The lowest BCUT2D eigenvalue weighted by atomic mass is 9.76. The normalized spacial score (nSPS) is 42.0. The monoisotopic (exact) mass is 384 g/mol. The summed E-state index contributed by atoms with van der Waals surface area (Å²) in [5.74, 6) is -4.50. The van der Waals surface area contributed by atoms with E-state index in [4.69, 9.17) is 14.2 Å². The van der Waals surface area contributed by atoms with Gasteiger partial charge in [0, 0.05) is 4.47 Å². The van der Waals surface area contributed by atoms with Crippen molar-refractivity contribution in [2.45, 2.75) is 35.9 Å². The lowest BCUT2D eigenvalue weighted by Gasteiger charge is -2.35. The van der Waals surface area contributed by atoms with Gasteiger partial charge in [0.1, 0.15) is 6.10 Å². The summed E-state index contributed by atoms with van der Waals surface area (Å²) < 4.78 is 16.5. The number of hydrogen-bond donors (Lipinski definition) is 2. The number of rotatable bonds is 1. The van der Waals surface area contributed by atoms with Crippen LogP contribution in [0.2, 0.25) is 0 Å². The molecular formula is C15H13BrO7. The Morgan fingerprint density at radius 3 is 2.61 bits per heavy atom. The van der Waals surface area contributed by atoms with E-state index in [-0.39, 0.29) is 13.0 Å². The first-order valence-electron chi connectivity index (χ1n) is 7.11. The third kappa shape index (κ3) is 1.80. The quantitative estimate of drug-likeness (QED) is 0.667. The molecule has 3 heterocycles. The molecule has 1 spiro atoms. The molecule has 5 atom stereocenters. The summed E-state index contributed by atoms with van der Waals surface area (Å²) in [6.07, 6.45) is -2.54. The molecule has 1 aromatic carbocycles. The summed E-state index contributed by atoms with van der Waals surface area (Å²) in [5.41, 5.74) is -1.37. The average Bonchev–Trinajstić information content (AvgIpc) is 3.08. The van der Waals surface area contributed by atoms with Crippen LogP contribution in [-0.4, -0.2) is 52.4 Å². The van der Waals surface area contributed by atoms with Gasteiger partial charge in [-0.2, -0.15) is 0 Å². The highest BCUT2D eigenvalue weighted by Crippen LogP contribution is 2.56. The van der Waals surface area contributed by atoms with Crippen molar-refractivity contribution in [1.82, 2.24) is 0 Å². The Labute approximate surface area is 139 Å². The first kappa shape index (κ1) is 15.1. The number of ether oxygens (including phenoxy) is 3. The second kappa shape index (κ2) is 4.76. The number of carbonyl (C=O) groups is 2. The number of aliphatic hydroxyl groups is 2. The molecule has 0 unspecified atom stereocenters. The van der Waals surface area contributed by atoms with E-state index < -0.39 is 41.5 Å². The highest BCUT2D eigenvalue weighted by Gasteiger charge is 2.80. The minimum atomic E-state index is -2.20. The van der Waals surface area contributed by atoms with Gasteiger partial charge in [-0.3, -0.25) is 4.79 Å². The lowest BCUT2D eigenvalue weighted by molar-refractivity contribution is -0.264. The van der Waals surface area contributed by atoms with Gasteiger partial charge >= 0.3 is 11.9 Å². The molecule has 0 aliphatic carbocycles. The highest BCUT2D eigenvalue weighted by atomic mass is 79.9. The Kier molecular flexibility index (Phi) is 3.12. The largest absolute Gasteiger partial charge is 0.450 e. The molecule has 3 saturated heterocycles. The summed E-state index contributed by atoms with van der Waals surface area (Å²) in [7, 11) is 0. The zero-order valence-electron chi connectivity index (χ0n) is 11.8. The summed E-state index contributed by atoms with van der Waals surface area (Å²) >= 11 is 3.32. The predicted octanol–water partition coefficient (Wildman–Crippen LogP) is 0.223. The number of halogens is 1. The van der Waals surface area contributed by atoms with Crippen LogP contribution < -0.4 is 0 Å². The standard InChI is InChI=1S/C15H13BrO7/c16-8-3-1-7(2-4-8)9-5-11(18)23-14(9)13(19)22-12-10(17)6-21-15(12,14)20/h1-4,9-10,12,17,20H,5-6H2/t9-,10+,12-,14-,15+/m1/s1. The number of aliphatic hydroxyl groups excluding tert-OH is 1. The van der Waals surface area contributed by atoms with Gasteiger partial charge in [-0.05, 0) is 17.7 Å². The Morgan fingerprint density at radius 2 is 1.91 bits per heavy atom. The van der Waals surface area contributed by atoms with Crippen molar-refractivity contribution in [2.75, 3.05) is 6.61 Å². The Hall–Kier alpha value is -1.48. The van der Waals surface area contributed by atoms with Crippen molar-refractivity contribution in [3.63, 3.8) is 0 Å². The van der Waals surface area contributed by atoms with E-state index in [0.717, 1.165) is 4.47 Å². The minimum absolute atomic E-state index is 0.0920. The number of hydrogen-bond acceptors (Lipinski definition) is 7. The van der Waals surface area contributed by atoms with Crippen LogP contribution in [-0.2, 0) is 23.8 Å². The predicted molar refractivity (Wildman–Crippen MR) is 77.1 cm³/mol. The molecule has 0 saturated carbocycles. The summed E-state index contributed by atoms with van der Waals surface area (Å²) in [5, 5.41) is 20.8. The summed E-state index contributed by atoms with van der Waals surface area (Å²) in [4.78, 5) is 24.4. The maximum absolute atomic E-state index is 12.5. The lowest BCUT2D eigenvalue weighted by Crippen LogP contribution is -2.60. The second-order valence-corrected chi connectivity index (χ2v) is 6.83. The molecule has 3 fully saturated rings. The van der Waals surface area contributed by atoms with Crippen LogP contribution in [0.1, 0.15) is 17.9 Å². The van der Waals surface area contributed by atoms with Crippen LogP contribution in [0.3, 0.4) is 0 Å². The summed E-state index contributed by atoms with van der Waals surface area (Å²) in [6.45, 7) is -0.208. The van der Waals surface area contributed by atoms with Gasteiger partial charge in [0.2, 0.25) is 0 Å². The Bertz CT molecular complexity index is 690. The highest BCUT2D eigenvalue weighted by molar-refractivity contribution is 9.10. The zero-order chi connectivity index (χ0) is 16.4. The molecule has 0 amide bonds. The van der Waals surface area contributed by atoms with Gasteiger partial charge in [0.25, 0.3) is 11.4 Å². The van der Waals surface area contributed by atoms with Gasteiger partial charge in [0.15, 0.2) is 6.10 Å². The molecule has 3 aliphatic rings. The molecule has 1 aromatic rings. The molecule has 8 heteroatoms. The molecule has 0 radical (unpaired) electrons. The van der Waals surface area contributed by atoms with Crippen molar-refractivity contribution in [3.8, 4) is 0 Å². The van der Waals surface area contributed by atoms with Crippen molar-refractivity contribution in [1.29, 1.82) is 0 Å². The molecule has 2 N–H and O–H groups in total. The molecule has 0 bridgehead atoms. The fraction of sp³-hybridized carbons (Fsp3) is 0.467. The topological polar surface area (TPSA) is 102 Å². The van der Waals surface area contributed by atoms with E-state index in [9.17, 15) is 19.8 Å². The van der Waals surface area contributed by atoms with Crippen LogP contribution in [0.15, 0.2) is 28.7 Å². The molecule has 0 aromatic heterocycles. The number of fused-ring (bicyclic) bond motifs is 2. The first-order valence-corrected chi connectivity index (χ1v) is 7.90. The van der Waals surface area contributed by atoms with Crippen molar-refractivity contribution in [2.24, 2.45) is 0 Å². The SMILES string of the molecule is O=C1C[C@H](c2ccc(Br)cc2)[C@@]2(O1)C(=O)O[C@@H]1[C@@H](O)CO[C@@]12O. The van der Waals surface area contributed by atoms with Crippen molar-refractivity contribution >= 4 is 27.9 Å². The Morgan fingerprint density at radius 1 is 1.22 bits per heavy atom. The van der Waals surface area contributed by atoms with E-state index in [0.29, 0.717) is 5.56 Å². The fourth-order valence-corrected chi connectivity index (χ4v) is 3.89. The summed E-state index contributed by atoms with van der Waals surface area (Å²) in [6, 6.07) is 6.98. The maximum atomic E-state index is 12.5. The van der Waals surface area contributed by atoms with Crippen LogP contribution in [0.5, 0.6) is 0 Å². The van der Waals surface area contributed by atoms with Crippen LogP contribution in [0.25, 0.3) is 0 Å². The Balaban J connectivity index is 1.85. The number of carbonyl (C=O) groups excluding carboxylic acids is 2. The average molecular weight is 385 g/mol. The van der Waals surface area contributed by atoms with Gasteiger partial charge in [-0.15, -0.1) is 0 Å². The minimum Gasteiger partial charge on any atom is -0.450 e. The molecule has 122 valence electrons. The third-order valence-corrected chi connectivity index (χ3v) is 5.22. The number of benzene rings is 1. The maximum Gasteiger partial charge on any atom is 0.357 e. The molecule has 3 aliphatic heterocycles. The van der Waals surface area contributed by atoms with Gasteiger partial charge in [0.05, 0.1) is 18.9 Å². The molecule has 7 nitrogen and oxygen atoms in total. The molecule has 4 rings (SSSR count). The van der Waals surface area contributed by atoms with E-state index >= 15 is 0 Å². The van der Waals surface area contributed by atoms with Gasteiger partial charge in [-0.25, -0.2) is 4.79 Å². The van der Waals surface area contributed by atoms with E-state index in [2.05, 4.69) is 15.9 Å². The molecular weight excluding hydrogens is 372 g/mol. The van der Waals surface area contributed by atoms with Crippen molar-refractivity contribution in [3.05, 3.63) is 34.3 Å². The van der Waals surface area contributed by atoms with Gasteiger partial charge in [-0.1, -0.05) is 28.1 Å². The van der Waals surface area contributed by atoms with Crippen molar-refractivity contribution < 1.29 is 34.0 Å². The smallest absolute Gasteiger partial charge is 0.357 e. The fourth-order valence-electron chi connectivity index (χ4n) is 3.63. The first-order chi connectivity index (χ1) is 10.9. The third-order valence-electron chi connectivity index (χ3n) is 4.69. The van der Waals surface area contributed by atoms with Gasteiger partial charge < -0.3 is 24.4 Å².